The van der Waals surface area contributed by atoms with Crippen LogP contribution in [0.3, 0.4) is 0 Å². The minimum atomic E-state index is -3.53. The Labute approximate surface area is 171 Å². The fourth-order valence-electron chi connectivity index (χ4n) is 3.39. The molecule has 0 radical (unpaired) electrons. The van der Waals surface area contributed by atoms with Crippen LogP contribution in [0.15, 0.2) is 60.0 Å². The third-order valence-electron chi connectivity index (χ3n) is 4.99. The van der Waals surface area contributed by atoms with Gasteiger partial charge in [0, 0.05) is 37.5 Å². The molecular formula is C22H25FN2O3S. The topological polar surface area (TPSA) is 57.7 Å². The highest BCUT2D eigenvalue weighted by Crippen LogP contribution is 2.16. The smallest absolute Gasteiger partial charge is 0.236 e. The number of sulfonamides is 1. The molecule has 1 amide bonds. The van der Waals surface area contributed by atoms with Crippen molar-refractivity contribution >= 4 is 22.0 Å². The van der Waals surface area contributed by atoms with E-state index in [1.807, 2.05) is 37.3 Å². The molecule has 5 nitrogen and oxygen atoms in total. The summed E-state index contributed by atoms with van der Waals surface area (Å²) in [4.78, 5) is 14.4. The first-order valence-electron chi connectivity index (χ1n) is 9.62. The van der Waals surface area contributed by atoms with Crippen molar-refractivity contribution in [1.82, 2.24) is 9.21 Å². The van der Waals surface area contributed by atoms with Crippen LogP contribution in [0.25, 0.3) is 6.08 Å². The Kier molecular flexibility index (Phi) is 6.82. The van der Waals surface area contributed by atoms with Gasteiger partial charge in [0.2, 0.25) is 15.9 Å². The van der Waals surface area contributed by atoms with E-state index in [-0.39, 0.29) is 30.7 Å². The molecule has 0 aromatic heterocycles. The average molecular weight is 417 g/mol. The molecule has 2 aromatic carbocycles. The van der Waals surface area contributed by atoms with Crippen LogP contribution in [0.4, 0.5) is 4.39 Å². The Bertz CT molecular complexity index is 969. The number of nitrogens with zero attached hydrogens (tertiary/aromatic N) is 2. The van der Waals surface area contributed by atoms with Gasteiger partial charge in [-0.15, -0.1) is 0 Å². The maximum absolute atomic E-state index is 13.3. The third-order valence-corrected chi connectivity index (χ3v) is 6.56. The first-order valence-corrected chi connectivity index (χ1v) is 11.1. The number of piperazine rings is 1. The van der Waals surface area contributed by atoms with E-state index in [9.17, 15) is 17.6 Å². The van der Waals surface area contributed by atoms with Crippen LogP contribution in [0.2, 0.25) is 0 Å². The fraction of sp³-hybridized carbons (Fsp3) is 0.318. The Hall–Kier alpha value is -2.51. The van der Waals surface area contributed by atoms with Crippen LogP contribution in [0.1, 0.15) is 18.1 Å². The Morgan fingerprint density at radius 2 is 1.76 bits per heavy atom. The average Bonchev–Trinajstić information content (AvgIpc) is 2.72. The Morgan fingerprint density at radius 1 is 1.07 bits per heavy atom. The lowest BCUT2D eigenvalue weighted by atomic mass is 9.99. The summed E-state index contributed by atoms with van der Waals surface area (Å²) in [5.41, 5.74) is 1.59. The molecule has 1 aliphatic heterocycles. The molecule has 1 unspecified atom stereocenters. The fourth-order valence-corrected chi connectivity index (χ4v) is 4.57. The maximum Gasteiger partial charge on any atom is 0.236 e. The number of carbonyl (C=O) groups is 1. The lowest BCUT2D eigenvalue weighted by molar-refractivity contribution is -0.136. The van der Waals surface area contributed by atoms with Crippen molar-refractivity contribution < 1.29 is 17.6 Å². The normalized spacial score (nSPS) is 16.8. The van der Waals surface area contributed by atoms with E-state index in [0.29, 0.717) is 19.5 Å². The van der Waals surface area contributed by atoms with Crippen LogP contribution in [-0.2, 0) is 21.2 Å². The van der Waals surface area contributed by atoms with Gasteiger partial charge in [0.1, 0.15) is 5.82 Å². The van der Waals surface area contributed by atoms with Crippen LogP contribution in [-0.4, -0.2) is 49.7 Å². The van der Waals surface area contributed by atoms with E-state index in [1.54, 1.807) is 23.1 Å². The largest absolute Gasteiger partial charge is 0.340 e. The van der Waals surface area contributed by atoms with E-state index >= 15 is 0 Å². The summed E-state index contributed by atoms with van der Waals surface area (Å²) >= 11 is 0. The summed E-state index contributed by atoms with van der Waals surface area (Å²) in [6.45, 7) is 3.05. The standard InChI is InChI=1S/C22H25FN2O3S/c1-18(16-20-8-5-9-21(23)17-20)22(26)24-11-13-25(14-12-24)29(27,28)15-10-19-6-3-2-4-7-19/h2-10,15,17-18H,11-14,16H2,1H3/b15-10+. The highest BCUT2D eigenvalue weighted by molar-refractivity contribution is 7.92. The molecular weight excluding hydrogens is 391 g/mol. The number of carbonyl (C=O) groups excluding carboxylic acids is 1. The molecule has 0 aliphatic carbocycles. The Balaban J connectivity index is 1.55. The van der Waals surface area contributed by atoms with Crippen molar-refractivity contribution in [2.75, 3.05) is 26.2 Å². The molecule has 7 heteroatoms. The summed E-state index contributed by atoms with van der Waals surface area (Å²) < 4.78 is 39.8. The van der Waals surface area contributed by atoms with E-state index in [4.69, 9.17) is 0 Å². The van der Waals surface area contributed by atoms with Gasteiger partial charge in [0.15, 0.2) is 0 Å². The van der Waals surface area contributed by atoms with Crippen LogP contribution < -0.4 is 0 Å². The number of hydrogen-bond acceptors (Lipinski definition) is 3. The lowest BCUT2D eigenvalue weighted by Gasteiger charge is -2.34. The number of hydrogen-bond donors (Lipinski definition) is 0. The molecule has 0 spiro atoms. The molecule has 1 atom stereocenters. The number of benzene rings is 2. The highest BCUT2D eigenvalue weighted by Gasteiger charge is 2.29. The van der Waals surface area contributed by atoms with Crippen molar-refractivity contribution in [3.05, 3.63) is 76.9 Å². The molecule has 0 N–H and O–H groups in total. The summed E-state index contributed by atoms with van der Waals surface area (Å²) in [6.07, 6.45) is 2.03. The maximum atomic E-state index is 13.3. The number of rotatable bonds is 6. The second-order valence-electron chi connectivity index (χ2n) is 7.22. The second-order valence-corrected chi connectivity index (χ2v) is 9.04. The second kappa shape index (κ2) is 9.33. The van der Waals surface area contributed by atoms with E-state index < -0.39 is 10.0 Å². The number of amides is 1. The third kappa shape index (κ3) is 5.74. The summed E-state index contributed by atoms with van der Waals surface area (Å²) in [5, 5.41) is 1.21. The van der Waals surface area contributed by atoms with E-state index in [2.05, 4.69) is 0 Å². The van der Waals surface area contributed by atoms with Gasteiger partial charge in [-0.25, -0.2) is 12.8 Å². The van der Waals surface area contributed by atoms with E-state index in [0.717, 1.165) is 11.1 Å². The molecule has 2 aromatic rings. The van der Waals surface area contributed by atoms with Gasteiger partial charge in [0.05, 0.1) is 0 Å². The molecule has 0 bridgehead atoms. The van der Waals surface area contributed by atoms with Crippen LogP contribution >= 0.6 is 0 Å². The highest BCUT2D eigenvalue weighted by atomic mass is 32.2. The van der Waals surface area contributed by atoms with Gasteiger partial charge in [-0.05, 0) is 35.8 Å². The SMILES string of the molecule is CC(Cc1cccc(F)c1)C(=O)N1CCN(S(=O)(=O)/C=C/c2ccccc2)CC1. The predicted molar refractivity (Wildman–Crippen MR) is 112 cm³/mol. The van der Waals surface area contributed by atoms with Gasteiger partial charge in [-0.3, -0.25) is 4.79 Å². The molecule has 1 fully saturated rings. The molecule has 154 valence electrons. The first kappa shape index (κ1) is 21.2. The van der Waals surface area contributed by atoms with Crippen molar-refractivity contribution in [1.29, 1.82) is 0 Å². The molecule has 0 saturated carbocycles. The zero-order valence-corrected chi connectivity index (χ0v) is 17.2. The molecule has 3 rings (SSSR count). The van der Waals surface area contributed by atoms with Crippen molar-refractivity contribution in [2.45, 2.75) is 13.3 Å². The van der Waals surface area contributed by atoms with Gasteiger partial charge in [-0.1, -0.05) is 49.4 Å². The van der Waals surface area contributed by atoms with Crippen molar-refractivity contribution in [3.8, 4) is 0 Å². The lowest BCUT2D eigenvalue weighted by Crippen LogP contribution is -2.51. The molecule has 1 aliphatic rings. The summed E-state index contributed by atoms with van der Waals surface area (Å²) in [6, 6.07) is 15.5. The zero-order chi connectivity index (χ0) is 20.9. The predicted octanol–water partition coefficient (Wildman–Crippen LogP) is 3.15. The van der Waals surface area contributed by atoms with Gasteiger partial charge in [-0.2, -0.15) is 4.31 Å². The monoisotopic (exact) mass is 416 g/mol. The quantitative estimate of drug-likeness (QED) is 0.727. The summed E-state index contributed by atoms with van der Waals surface area (Å²) in [7, 11) is -3.53. The summed E-state index contributed by atoms with van der Waals surface area (Å²) in [5.74, 6) is -0.645. The van der Waals surface area contributed by atoms with Gasteiger partial charge < -0.3 is 4.90 Å². The van der Waals surface area contributed by atoms with Crippen molar-refractivity contribution in [2.24, 2.45) is 5.92 Å². The number of halogens is 1. The van der Waals surface area contributed by atoms with E-state index in [1.165, 1.54) is 21.8 Å². The Morgan fingerprint density at radius 3 is 2.41 bits per heavy atom. The van der Waals surface area contributed by atoms with Crippen molar-refractivity contribution in [3.63, 3.8) is 0 Å². The van der Waals surface area contributed by atoms with Gasteiger partial charge >= 0.3 is 0 Å². The minimum Gasteiger partial charge on any atom is -0.340 e. The first-order chi connectivity index (χ1) is 13.8. The van der Waals surface area contributed by atoms with Gasteiger partial charge in [0.25, 0.3) is 0 Å². The molecule has 1 heterocycles. The van der Waals surface area contributed by atoms with Crippen LogP contribution in [0.5, 0.6) is 0 Å². The zero-order valence-electron chi connectivity index (χ0n) is 16.4. The minimum absolute atomic E-state index is 0.0360. The molecule has 1 saturated heterocycles. The van der Waals surface area contributed by atoms with Crippen LogP contribution in [0, 0.1) is 11.7 Å². The molecule has 29 heavy (non-hydrogen) atoms.